The molecule has 1 aromatic rings. The molecule has 5 heteroatoms. The second kappa shape index (κ2) is 7.98. The lowest BCUT2D eigenvalue weighted by Gasteiger charge is -2.27. The molecule has 0 saturated heterocycles. The maximum atomic E-state index is 9.92. The molecule has 20 heavy (non-hydrogen) atoms. The van der Waals surface area contributed by atoms with Crippen molar-refractivity contribution >= 4 is 15.9 Å². The van der Waals surface area contributed by atoms with Gasteiger partial charge >= 0.3 is 0 Å². The lowest BCUT2D eigenvalue weighted by Crippen LogP contribution is -2.45. The average Bonchev–Trinajstić information content (AvgIpc) is 2.35. The molecular weight excluding hydrogens is 322 g/mol. The van der Waals surface area contributed by atoms with Crippen molar-refractivity contribution in [3.05, 3.63) is 28.2 Å². The predicted molar refractivity (Wildman–Crippen MR) is 84.2 cm³/mol. The van der Waals surface area contributed by atoms with Crippen molar-refractivity contribution in [3.63, 3.8) is 0 Å². The molecule has 114 valence electrons. The fourth-order valence-corrected chi connectivity index (χ4v) is 2.34. The van der Waals surface area contributed by atoms with Gasteiger partial charge < -0.3 is 20.3 Å². The van der Waals surface area contributed by atoms with Gasteiger partial charge in [0, 0.05) is 18.7 Å². The molecule has 3 N–H and O–H groups in total. The molecule has 0 radical (unpaired) electrons. The van der Waals surface area contributed by atoms with Gasteiger partial charge in [0.1, 0.15) is 18.5 Å². The summed E-state index contributed by atoms with van der Waals surface area (Å²) >= 11 is 3.44. The van der Waals surface area contributed by atoms with Crippen molar-refractivity contribution in [2.75, 3.05) is 19.8 Å². The van der Waals surface area contributed by atoms with E-state index < -0.39 is 6.10 Å². The quantitative estimate of drug-likeness (QED) is 0.676. The molecule has 1 unspecified atom stereocenters. The Morgan fingerprint density at radius 2 is 2.10 bits per heavy atom. The van der Waals surface area contributed by atoms with Crippen LogP contribution < -0.4 is 10.1 Å². The number of aliphatic hydroxyl groups excluding tert-OH is 2. The van der Waals surface area contributed by atoms with Gasteiger partial charge in [0.05, 0.1) is 4.47 Å². The highest BCUT2D eigenvalue weighted by Crippen LogP contribution is 2.25. The van der Waals surface area contributed by atoms with Crippen LogP contribution in [0.15, 0.2) is 22.7 Å². The number of rotatable bonds is 8. The lowest BCUT2D eigenvalue weighted by molar-refractivity contribution is 0.0956. The number of β-amino-alcohol motifs (C(OH)–C–C–N with tert-alkyl or cyclic N) is 1. The molecule has 0 aromatic heterocycles. The Labute approximate surface area is 129 Å². The Bertz CT molecular complexity index is 424. The van der Waals surface area contributed by atoms with Crippen LogP contribution in [0, 0.1) is 6.92 Å². The molecular formula is C15H24BrNO3. The molecule has 4 nitrogen and oxygen atoms in total. The summed E-state index contributed by atoms with van der Waals surface area (Å²) in [6.07, 6.45) is 0.0468. The van der Waals surface area contributed by atoms with E-state index in [-0.39, 0.29) is 18.8 Å². The fraction of sp³-hybridized carbons (Fsp3) is 0.600. The smallest absolute Gasteiger partial charge is 0.133 e. The zero-order valence-corrected chi connectivity index (χ0v) is 13.9. The van der Waals surface area contributed by atoms with Crippen LogP contribution in [0.3, 0.4) is 0 Å². The van der Waals surface area contributed by atoms with Gasteiger partial charge in [-0.3, -0.25) is 0 Å². The average molecular weight is 346 g/mol. The fourth-order valence-electron chi connectivity index (χ4n) is 1.73. The number of aliphatic hydroxyl groups is 2. The van der Waals surface area contributed by atoms with Gasteiger partial charge in [-0.05, 0) is 60.8 Å². The van der Waals surface area contributed by atoms with E-state index in [0.717, 1.165) is 15.8 Å². The first-order valence-corrected chi connectivity index (χ1v) is 7.56. The molecule has 1 aromatic carbocycles. The van der Waals surface area contributed by atoms with Crippen LogP contribution in [0.2, 0.25) is 0 Å². The Hall–Kier alpha value is -0.620. The Kier molecular flexibility index (Phi) is 6.95. The monoisotopic (exact) mass is 345 g/mol. The van der Waals surface area contributed by atoms with Gasteiger partial charge in [0.25, 0.3) is 0 Å². The van der Waals surface area contributed by atoms with Crippen molar-refractivity contribution in [2.24, 2.45) is 0 Å². The van der Waals surface area contributed by atoms with E-state index in [0.29, 0.717) is 13.0 Å². The highest BCUT2D eigenvalue weighted by Gasteiger charge is 2.18. The lowest BCUT2D eigenvalue weighted by atomic mass is 10.0. The van der Waals surface area contributed by atoms with Crippen molar-refractivity contribution < 1.29 is 14.9 Å². The number of nitrogens with one attached hydrogen (secondary N) is 1. The summed E-state index contributed by atoms with van der Waals surface area (Å²) in [4.78, 5) is 0. The van der Waals surface area contributed by atoms with Crippen LogP contribution in [0.1, 0.15) is 25.8 Å². The van der Waals surface area contributed by atoms with Gasteiger partial charge in [-0.2, -0.15) is 0 Å². The van der Waals surface area contributed by atoms with Crippen LogP contribution in [0.5, 0.6) is 5.75 Å². The summed E-state index contributed by atoms with van der Waals surface area (Å²) in [5.41, 5.74) is 0.956. The Morgan fingerprint density at radius 1 is 1.40 bits per heavy atom. The summed E-state index contributed by atoms with van der Waals surface area (Å²) < 4.78 is 6.48. The predicted octanol–water partition coefficient (Wildman–Crippen LogP) is 2.25. The number of hydrogen-bond donors (Lipinski definition) is 3. The first-order valence-electron chi connectivity index (χ1n) is 6.77. The second-order valence-electron chi connectivity index (χ2n) is 5.64. The minimum absolute atomic E-state index is 0.128. The molecule has 0 heterocycles. The van der Waals surface area contributed by atoms with Crippen LogP contribution in [0.4, 0.5) is 0 Å². The van der Waals surface area contributed by atoms with Crippen LogP contribution in [-0.4, -0.2) is 41.6 Å². The summed E-state index contributed by atoms with van der Waals surface area (Å²) in [5.74, 6) is 0.726. The molecule has 0 spiro atoms. The molecule has 0 amide bonds. The first kappa shape index (κ1) is 17.4. The number of hydrogen-bond acceptors (Lipinski definition) is 4. The summed E-state index contributed by atoms with van der Waals surface area (Å²) in [6.45, 7) is 6.78. The third-order valence-electron chi connectivity index (χ3n) is 3.07. The van der Waals surface area contributed by atoms with Gasteiger partial charge in [0.15, 0.2) is 0 Å². The Morgan fingerprint density at radius 3 is 2.70 bits per heavy atom. The highest BCUT2D eigenvalue weighted by atomic mass is 79.9. The van der Waals surface area contributed by atoms with E-state index >= 15 is 0 Å². The van der Waals surface area contributed by atoms with E-state index in [4.69, 9.17) is 9.84 Å². The van der Waals surface area contributed by atoms with Crippen molar-refractivity contribution in [1.82, 2.24) is 5.32 Å². The maximum Gasteiger partial charge on any atom is 0.133 e. The summed E-state index contributed by atoms with van der Waals surface area (Å²) in [6, 6.07) is 5.83. The third kappa shape index (κ3) is 6.22. The van der Waals surface area contributed by atoms with Gasteiger partial charge in [-0.15, -0.1) is 0 Å². The SMILES string of the molecule is Cc1ccc(OCC(O)CNC(C)(C)CCO)c(Br)c1. The Balaban J connectivity index is 2.38. The molecule has 0 aliphatic carbocycles. The molecule has 0 saturated carbocycles. The zero-order chi connectivity index (χ0) is 15.2. The van der Waals surface area contributed by atoms with Gasteiger partial charge in [-0.1, -0.05) is 6.07 Å². The van der Waals surface area contributed by atoms with E-state index in [9.17, 15) is 5.11 Å². The van der Waals surface area contributed by atoms with Crippen LogP contribution in [0.25, 0.3) is 0 Å². The number of ether oxygens (including phenoxy) is 1. The summed E-state index contributed by atoms with van der Waals surface area (Å²) in [7, 11) is 0. The normalized spacial score (nSPS) is 13.3. The minimum atomic E-state index is -0.596. The van der Waals surface area contributed by atoms with E-state index in [1.54, 1.807) is 0 Å². The highest BCUT2D eigenvalue weighted by molar-refractivity contribution is 9.10. The van der Waals surface area contributed by atoms with E-state index in [2.05, 4.69) is 21.2 Å². The van der Waals surface area contributed by atoms with Crippen molar-refractivity contribution in [1.29, 1.82) is 0 Å². The first-order chi connectivity index (χ1) is 9.34. The molecule has 1 atom stereocenters. The topological polar surface area (TPSA) is 61.7 Å². The van der Waals surface area contributed by atoms with E-state index in [1.165, 1.54) is 0 Å². The van der Waals surface area contributed by atoms with E-state index in [1.807, 2.05) is 39.0 Å². The van der Waals surface area contributed by atoms with Gasteiger partial charge in [-0.25, -0.2) is 0 Å². The second-order valence-corrected chi connectivity index (χ2v) is 6.49. The van der Waals surface area contributed by atoms with Crippen LogP contribution in [-0.2, 0) is 0 Å². The summed E-state index contributed by atoms with van der Waals surface area (Å²) in [5, 5.41) is 22.1. The number of aryl methyl sites for hydroxylation is 1. The van der Waals surface area contributed by atoms with Crippen LogP contribution >= 0.6 is 15.9 Å². The number of halogens is 1. The standard InChI is InChI=1S/C15H24BrNO3/c1-11-4-5-14(13(16)8-11)20-10-12(19)9-17-15(2,3)6-7-18/h4-5,8,12,17-19H,6-7,9-10H2,1-3H3. The number of benzene rings is 1. The van der Waals surface area contributed by atoms with Crippen molar-refractivity contribution in [3.8, 4) is 5.75 Å². The molecule has 1 rings (SSSR count). The molecule has 0 aliphatic rings. The maximum absolute atomic E-state index is 9.92. The zero-order valence-electron chi connectivity index (χ0n) is 12.3. The molecule has 0 bridgehead atoms. The third-order valence-corrected chi connectivity index (χ3v) is 3.69. The van der Waals surface area contributed by atoms with Crippen molar-refractivity contribution in [2.45, 2.75) is 38.8 Å². The molecule has 0 aliphatic heterocycles. The minimum Gasteiger partial charge on any atom is -0.490 e. The molecule has 0 fully saturated rings. The largest absolute Gasteiger partial charge is 0.490 e. The van der Waals surface area contributed by atoms with Gasteiger partial charge in [0.2, 0.25) is 0 Å².